The first-order valence-corrected chi connectivity index (χ1v) is 10.3. The molecule has 0 bridgehead atoms. The molecule has 0 aliphatic carbocycles. The first-order valence-electron chi connectivity index (χ1n) is 10.3. The van der Waals surface area contributed by atoms with Gasteiger partial charge in [0, 0.05) is 12.1 Å². The third kappa shape index (κ3) is 6.57. The summed E-state index contributed by atoms with van der Waals surface area (Å²) >= 11 is 0. The molecular weight excluding hydrogens is 396 g/mol. The number of cyclic esters (lactones) is 1. The summed E-state index contributed by atoms with van der Waals surface area (Å²) in [7, 11) is 0. The van der Waals surface area contributed by atoms with Gasteiger partial charge >= 0.3 is 12.2 Å². The number of carbonyl (C=O) groups is 3. The first-order chi connectivity index (χ1) is 14.7. The van der Waals surface area contributed by atoms with Crippen LogP contribution in [-0.4, -0.2) is 41.2 Å². The van der Waals surface area contributed by atoms with E-state index in [-0.39, 0.29) is 25.0 Å². The maximum absolute atomic E-state index is 12.7. The SMILES string of the molecule is CC(C)(C)OC(=O)Nc1ccc(CCC(=O)N2C(=O)OC[C@@H]2Cc2ccccc2)cc1. The summed E-state index contributed by atoms with van der Waals surface area (Å²) in [5, 5.41) is 2.67. The standard InChI is InChI=1S/C24H28N2O5/c1-24(2,3)31-22(28)25-19-12-9-17(10-13-19)11-14-21(27)26-20(16-30-23(26)29)15-18-7-5-4-6-8-18/h4-10,12-13,20H,11,14-16H2,1-3H3,(H,25,28)/t20-/m0/s1. The normalized spacial score (nSPS) is 16.0. The molecule has 1 atom stereocenters. The van der Waals surface area contributed by atoms with Crippen molar-refractivity contribution in [3.63, 3.8) is 0 Å². The van der Waals surface area contributed by atoms with Gasteiger partial charge in [0.25, 0.3) is 0 Å². The van der Waals surface area contributed by atoms with Crippen molar-refractivity contribution >= 4 is 23.8 Å². The molecule has 1 aliphatic heterocycles. The highest BCUT2D eigenvalue weighted by Crippen LogP contribution is 2.20. The molecule has 0 aromatic heterocycles. The maximum Gasteiger partial charge on any atom is 0.416 e. The minimum atomic E-state index is -0.581. The van der Waals surface area contributed by atoms with E-state index < -0.39 is 17.8 Å². The zero-order valence-electron chi connectivity index (χ0n) is 18.1. The molecule has 31 heavy (non-hydrogen) atoms. The smallest absolute Gasteiger partial charge is 0.416 e. The number of nitrogens with one attached hydrogen (secondary N) is 1. The molecule has 2 aromatic rings. The Bertz CT molecular complexity index is 919. The van der Waals surface area contributed by atoms with Crippen LogP contribution in [0.5, 0.6) is 0 Å². The number of hydrogen-bond acceptors (Lipinski definition) is 5. The van der Waals surface area contributed by atoms with Crippen molar-refractivity contribution in [3.8, 4) is 0 Å². The molecule has 0 spiro atoms. The molecule has 0 radical (unpaired) electrons. The van der Waals surface area contributed by atoms with Crippen LogP contribution in [0.25, 0.3) is 0 Å². The molecule has 7 heteroatoms. The van der Waals surface area contributed by atoms with Crippen molar-refractivity contribution in [3.05, 3.63) is 65.7 Å². The Morgan fingerprint density at radius 3 is 2.39 bits per heavy atom. The van der Waals surface area contributed by atoms with E-state index in [1.165, 1.54) is 4.90 Å². The predicted octanol–water partition coefficient (Wildman–Crippen LogP) is 4.56. The first kappa shape index (κ1) is 22.3. The van der Waals surface area contributed by atoms with Crippen LogP contribution in [0.3, 0.4) is 0 Å². The molecule has 1 aliphatic rings. The van der Waals surface area contributed by atoms with Crippen LogP contribution >= 0.6 is 0 Å². The lowest BCUT2D eigenvalue weighted by molar-refractivity contribution is -0.129. The quantitative estimate of drug-likeness (QED) is 0.735. The third-order valence-corrected chi connectivity index (χ3v) is 4.77. The highest BCUT2D eigenvalue weighted by molar-refractivity contribution is 5.93. The van der Waals surface area contributed by atoms with Crippen molar-refractivity contribution in [2.24, 2.45) is 0 Å². The maximum atomic E-state index is 12.7. The Hall–Kier alpha value is -3.35. The van der Waals surface area contributed by atoms with E-state index in [1.54, 1.807) is 32.9 Å². The lowest BCUT2D eigenvalue weighted by atomic mass is 10.0. The van der Waals surface area contributed by atoms with Crippen LogP contribution in [0, 0.1) is 0 Å². The van der Waals surface area contributed by atoms with Crippen molar-refractivity contribution in [1.29, 1.82) is 0 Å². The summed E-state index contributed by atoms with van der Waals surface area (Å²) in [5.41, 5.74) is 2.02. The van der Waals surface area contributed by atoms with E-state index in [1.807, 2.05) is 42.5 Å². The van der Waals surface area contributed by atoms with Crippen LogP contribution in [0.4, 0.5) is 15.3 Å². The summed E-state index contributed by atoms with van der Waals surface area (Å²) < 4.78 is 10.4. The second-order valence-corrected chi connectivity index (χ2v) is 8.51. The zero-order valence-corrected chi connectivity index (χ0v) is 18.1. The van der Waals surface area contributed by atoms with E-state index in [4.69, 9.17) is 9.47 Å². The number of anilines is 1. The van der Waals surface area contributed by atoms with E-state index in [0.717, 1.165) is 11.1 Å². The van der Waals surface area contributed by atoms with Crippen LogP contribution in [-0.2, 0) is 27.1 Å². The number of rotatable bonds is 6. The lowest BCUT2D eigenvalue weighted by Crippen LogP contribution is -2.40. The van der Waals surface area contributed by atoms with Crippen LogP contribution in [0.1, 0.15) is 38.3 Å². The summed E-state index contributed by atoms with van der Waals surface area (Å²) in [5.74, 6) is -0.251. The average molecular weight is 424 g/mol. The van der Waals surface area contributed by atoms with Crippen LogP contribution in [0.15, 0.2) is 54.6 Å². The van der Waals surface area contributed by atoms with Gasteiger partial charge in [0.15, 0.2) is 0 Å². The Morgan fingerprint density at radius 1 is 1.06 bits per heavy atom. The number of ether oxygens (including phenoxy) is 2. The Morgan fingerprint density at radius 2 is 1.74 bits per heavy atom. The van der Waals surface area contributed by atoms with E-state index in [0.29, 0.717) is 18.5 Å². The number of nitrogens with zero attached hydrogens (tertiary/aromatic N) is 1. The molecule has 1 fully saturated rings. The molecule has 1 heterocycles. The zero-order chi connectivity index (χ0) is 22.4. The van der Waals surface area contributed by atoms with E-state index in [9.17, 15) is 14.4 Å². The van der Waals surface area contributed by atoms with Gasteiger partial charge < -0.3 is 9.47 Å². The number of hydrogen-bond donors (Lipinski definition) is 1. The topological polar surface area (TPSA) is 84.9 Å². The molecule has 164 valence electrons. The molecule has 0 unspecified atom stereocenters. The number of aryl methyl sites for hydroxylation is 1. The molecule has 2 aromatic carbocycles. The van der Waals surface area contributed by atoms with Crippen molar-refractivity contribution in [1.82, 2.24) is 4.90 Å². The molecule has 1 saturated heterocycles. The van der Waals surface area contributed by atoms with E-state index in [2.05, 4.69) is 5.32 Å². The number of imide groups is 1. The highest BCUT2D eigenvalue weighted by atomic mass is 16.6. The van der Waals surface area contributed by atoms with Gasteiger partial charge in [-0.05, 0) is 56.9 Å². The van der Waals surface area contributed by atoms with Gasteiger partial charge in [0.05, 0.1) is 6.04 Å². The van der Waals surface area contributed by atoms with Gasteiger partial charge in [0.1, 0.15) is 12.2 Å². The molecule has 3 rings (SSSR count). The summed E-state index contributed by atoms with van der Waals surface area (Å²) in [6.45, 7) is 5.61. The van der Waals surface area contributed by atoms with Crippen molar-refractivity contribution < 1.29 is 23.9 Å². The van der Waals surface area contributed by atoms with E-state index >= 15 is 0 Å². The Kier molecular flexibility index (Phi) is 6.95. The van der Waals surface area contributed by atoms with Gasteiger partial charge in [-0.15, -0.1) is 0 Å². The average Bonchev–Trinajstić information content (AvgIpc) is 3.06. The molecule has 3 amide bonds. The van der Waals surface area contributed by atoms with Gasteiger partial charge in [-0.3, -0.25) is 10.1 Å². The second-order valence-electron chi connectivity index (χ2n) is 8.51. The fourth-order valence-electron chi connectivity index (χ4n) is 3.35. The van der Waals surface area contributed by atoms with Gasteiger partial charge in [-0.2, -0.15) is 0 Å². The fourth-order valence-corrected chi connectivity index (χ4v) is 3.35. The summed E-state index contributed by atoms with van der Waals surface area (Å²) in [6.07, 6.45) is 0.144. The summed E-state index contributed by atoms with van der Waals surface area (Å²) in [4.78, 5) is 37.9. The van der Waals surface area contributed by atoms with Crippen LogP contribution in [0.2, 0.25) is 0 Å². The Balaban J connectivity index is 1.53. The van der Waals surface area contributed by atoms with Gasteiger partial charge in [-0.25, -0.2) is 14.5 Å². The third-order valence-electron chi connectivity index (χ3n) is 4.77. The minimum Gasteiger partial charge on any atom is -0.447 e. The van der Waals surface area contributed by atoms with Crippen LogP contribution < -0.4 is 5.32 Å². The second kappa shape index (κ2) is 9.64. The van der Waals surface area contributed by atoms with Crippen molar-refractivity contribution in [2.75, 3.05) is 11.9 Å². The van der Waals surface area contributed by atoms with Gasteiger partial charge in [-0.1, -0.05) is 42.5 Å². The number of carbonyl (C=O) groups excluding carboxylic acids is 3. The Labute approximate surface area is 182 Å². The van der Waals surface area contributed by atoms with Gasteiger partial charge in [0.2, 0.25) is 5.91 Å². The molecule has 0 saturated carbocycles. The molecule has 1 N–H and O–H groups in total. The summed E-state index contributed by atoms with van der Waals surface area (Å²) in [6, 6.07) is 16.6. The lowest BCUT2D eigenvalue weighted by Gasteiger charge is -2.20. The monoisotopic (exact) mass is 424 g/mol. The minimum absolute atomic E-state index is 0.194. The molecular formula is C24H28N2O5. The number of benzene rings is 2. The highest BCUT2D eigenvalue weighted by Gasteiger charge is 2.37. The molecule has 7 nitrogen and oxygen atoms in total. The fraction of sp³-hybridized carbons (Fsp3) is 0.375. The predicted molar refractivity (Wildman–Crippen MR) is 117 cm³/mol. The largest absolute Gasteiger partial charge is 0.447 e. The van der Waals surface area contributed by atoms with Crippen molar-refractivity contribution in [2.45, 2.75) is 51.7 Å². The number of amides is 3.